The molecule has 0 radical (unpaired) electrons. The first-order chi connectivity index (χ1) is 7.95. The minimum Gasteiger partial charge on any atom is -0.468 e. The van der Waals surface area contributed by atoms with Gasteiger partial charge in [-0.05, 0) is 44.0 Å². The average molecular weight is 253 g/mol. The molecule has 0 N–H and O–H groups in total. The Morgan fingerprint density at radius 3 is 2.53 bits per heavy atom. The molecule has 0 fully saturated rings. The molecule has 1 aromatic rings. The molecule has 0 saturated heterocycles. The molecular formula is C13H20NO2P. The summed E-state index contributed by atoms with van der Waals surface area (Å²) in [7, 11) is 5.79. The Balaban J connectivity index is 2.86. The maximum Gasteiger partial charge on any atom is 0.323 e. The number of carbonyl (C=O) groups excluding carboxylic acids is 1. The second kappa shape index (κ2) is 6.13. The topological polar surface area (TPSA) is 29.5 Å². The first kappa shape index (κ1) is 14.1. The Bertz CT molecular complexity index is 404. The number of hydrogen-bond acceptors (Lipinski definition) is 3. The summed E-state index contributed by atoms with van der Waals surface area (Å²) in [4.78, 5) is 11.6. The van der Waals surface area contributed by atoms with Gasteiger partial charge in [0.15, 0.2) is 0 Å². The van der Waals surface area contributed by atoms with Gasteiger partial charge in [0.05, 0.1) is 7.11 Å². The second-order valence-electron chi connectivity index (χ2n) is 4.33. The van der Waals surface area contributed by atoms with Crippen LogP contribution in [0.4, 0.5) is 0 Å². The quantitative estimate of drug-likeness (QED) is 0.608. The van der Waals surface area contributed by atoms with E-state index in [9.17, 15) is 4.79 Å². The van der Waals surface area contributed by atoms with Gasteiger partial charge in [0.25, 0.3) is 0 Å². The van der Waals surface area contributed by atoms with E-state index in [0.29, 0.717) is 6.42 Å². The molecule has 0 bridgehead atoms. The second-order valence-corrected chi connectivity index (χ2v) is 5.14. The number of ether oxygens (including phenoxy) is 1. The van der Waals surface area contributed by atoms with Gasteiger partial charge >= 0.3 is 5.97 Å². The third-order valence-corrected chi connectivity index (χ3v) is 3.33. The van der Waals surface area contributed by atoms with Crippen LogP contribution in [0.2, 0.25) is 0 Å². The van der Waals surface area contributed by atoms with Crippen molar-refractivity contribution < 1.29 is 9.53 Å². The lowest BCUT2D eigenvalue weighted by Gasteiger charge is -2.21. The van der Waals surface area contributed by atoms with Crippen LogP contribution in [0.15, 0.2) is 18.2 Å². The molecule has 1 aromatic carbocycles. The average Bonchev–Trinajstić information content (AvgIpc) is 2.29. The lowest BCUT2D eigenvalue weighted by Crippen LogP contribution is -2.35. The molecule has 0 heterocycles. The number of rotatable bonds is 4. The SMILES string of the molecule is COC(=O)C(Cc1ccc(C)c(C)c1)N(C)P. The Morgan fingerprint density at radius 1 is 1.41 bits per heavy atom. The van der Waals surface area contributed by atoms with Crippen LogP contribution in [-0.2, 0) is 16.0 Å². The molecule has 94 valence electrons. The van der Waals surface area contributed by atoms with Crippen LogP contribution in [0.25, 0.3) is 0 Å². The van der Waals surface area contributed by atoms with Gasteiger partial charge in [0, 0.05) is 0 Å². The Morgan fingerprint density at radius 2 is 2.06 bits per heavy atom. The fraction of sp³-hybridized carbons (Fsp3) is 0.462. The van der Waals surface area contributed by atoms with Crippen molar-refractivity contribution >= 4 is 15.4 Å². The largest absolute Gasteiger partial charge is 0.468 e. The van der Waals surface area contributed by atoms with Gasteiger partial charge in [-0.1, -0.05) is 27.6 Å². The van der Waals surface area contributed by atoms with Crippen LogP contribution in [0, 0.1) is 13.8 Å². The van der Waals surface area contributed by atoms with E-state index < -0.39 is 0 Å². The summed E-state index contributed by atoms with van der Waals surface area (Å²) < 4.78 is 6.61. The number of aryl methyl sites for hydroxylation is 2. The van der Waals surface area contributed by atoms with Crippen LogP contribution < -0.4 is 0 Å². The molecule has 2 atom stereocenters. The first-order valence-electron chi connectivity index (χ1n) is 5.57. The molecular weight excluding hydrogens is 233 g/mol. The van der Waals surface area contributed by atoms with E-state index in [0.717, 1.165) is 5.56 Å². The number of esters is 1. The molecule has 0 amide bonds. The van der Waals surface area contributed by atoms with Crippen LogP contribution in [-0.4, -0.2) is 30.8 Å². The molecule has 0 aliphatic heterocycles. The summed E-state index contributed by atoms with van der Waals surface area (Å²) >= 11 is 0. The summed E-state index contributed by atoms with van der Waals surface area (Å²) in [6.45, 7) is 4.16. The standard InChI is InChI=1S/C13H20NO2P/c1-9-5-6-11(7-10(9)2)8-12(14(3)17)13(15)16-4/h5-7,12H,8,17H2,1-4H3. The number of carbonyl (C=O) groups is 1. The van der Waals surface area contributed by atoms with E-state index in [1.807, 2.05) is 7.05 Å². The third kappa shape index (κ3) is 3.79. The Hall–Kier alpha value is -0.920. The predicted molar refractivity (Wildman–Crippen MR) is 72.9 cm³/mol. The van der Waals surface area contributed by atoms with Crippen molar-refractivity contribution in [3.05, 3.63) is 34.9 Å². The van der Waals surface area contributed by atoms with Crippen molar-refractivity contribution in [2.75, 3.05) is 14.2 Å². The molecule has 1 rings (SSSR count). The smallest absolute Gasteiger partial charge is 0.323 e. The van der Waals surface area contributed by atoms with Gasteiger partial charge in [-0.25, -0.2) is 0 Å². The van der Waals surface area contributed by atoms with Crippen molar-refractivity contribution in [1.82, 2.24) is 4.67 Å². The fourth-order valence-corrected chi connectivity index (χ4v) is 1.91. The number of methoxy groups -OCH3 is 1. The fourth-order valence-electron chi connectivity index (χ4n) is 1.68. The van der Waals surface area contributed by atoms with Crippen molar-refractivity contribution in [2.24, 2.45) is 0 Å². The van der Waals surface area contributed by atoms with E-state index >= 15 is 0 Å². The minimum atomic E-state index is -0.257. The molecule has 0 aliphatic rings. The first-order valence-corrected chi connectivity index (χ1v) is 6.09. The summed E-state index contributed by atoms with van der Waals surface area (Å²) in [5, 5.41) is 0. The predicted octanol–water partition coefficient (Wildman–Crippen LogP) is 2.11. The summed E-state index contributed by atoms with van der Waals surface area (Å²) in [6.07, 6.45) is 0.661. The van der Waals surface area contributed by atoms with E-state index in [-0.39, 0.29) is 12.0 Å². The zero-order valence-corrected chi connectivity index (χ0v) is 12.0. The third-order valence-electron chi connectivity index (χ3n) is 2.97. The van der Waals surface area contributed by atoms with Crippen molar-refractivity contribution in [2.45, 2.75) is 26.3 Å². The van der Waals surface area contributed by atoms with Gasteiger partial charge in [0.2, 0.25) is 0 Å². The minimum absolute atomic E-state index is 0.208. The monoisotopic (exact) mass is 253 g/mol. The lowest BCUT2D eigenvalue weighted by molar-refractivity contribution is -0.144. The number of likely N-dealkylation sites (N-methyl/N-ethyl adjacent to an activating group) is 1. The van der Waals surface area contributed by atoms with Gasteiger partial charge in [-0.3, -0.25) is 9.46 Å². The maximum absolute atomic E-state index is 11.6. The van der Waals surface area contributed by atoms with Crippen LogP contribution >= 0.6 is 9.39 Å². The molecule has 3 nitrogen and oxygen atoms in total. The molecule has 4 heteroatoms. The number of nitrogens with zero attached hydrogens (tertiary/aromatic N) is 1. The number of hydrogen-bond donors (Lipinski definition) is 0. The van der Waals surface area contributed by atoms with Gasteiger partial charge in [-0.2, -0.15) is 0 Å². The normalized spacial score (nSPS) is 12.6. The van der Waals surface area contributed by atoms with E-state index in [1.54, 1.807) is 4.67 Å². The summed E-state index contributed by atoms with van der Waals surface area (Å²) in [6, 6.07) is 6.01. The molecule has 0 saturated carbocycles. The number of benzene rings is 1. The highest BCUT2D eigenvalue weighted by atomic mass is 31.0. The molecule has 17 heavy (non-hydrogen) atoms. The highest BCUT2D eigenvalue weighted by molar-refractivity contribution is 7.13. The lowest BCUT2D eigenvalue weighted by atomic mass is 10.0. The van der Waals surface area contributed by atoms with Crippen molar-refractivity contribution in [1.29, 1.82) is 0 Å². The van der Waals surface area contributed by atoms with E-state index in [1.165, 1.54) is 18.2 Å². The summed E-state index contributed by atoms with van der Waals surface area (Å²) in [5.74, 6) is -0.208. The Labute approximate surface area is 105 Å². The van der Waals surface area contributed by atoms with Crippen LogP contribution in [0.3, 0.4) is 0 Å². The highest BCUT2D eigenvalue weighted by Gasteiger charge is 2.22. The molecule has 2 unspecified atom stereocenters. The zero-order valence-electron chi connectivity index (χ0n) is 10.9. The zero-order chi connectivity index (χ0) is 13.0. The Kier molecular flexibility index (Phi) is 5.10. The van der Waals surface area contributed by atoms with Crippen LogP contribution in [0.5, 0.6) is 0 Å². The molecule has 0 spiro atoms. The van der Waals surface area contributed by atoms with Gasteiger partial charge < -0.3 is 4.74 Å². The van der Waals surface area contributed by atoms with E-state index in [2.05, 4.69) is 41.4 Å². The van der Waals surface area contributed by atoms with Gasteiger partial charge in [0.1, 0.15) is 6.04 Å². The van der Waals surface area contributed by atoms with Crippen molar-refractivity contribution in [3.63, 3.8) is 0 Å². The van der Waals surface area contributed by atoms with Crippen LogP contribution in [0.1, 0.15) is 16.7 Å². The van der Waals surface area contributed by atoms with E-state index in [4.69, 9.17) is 4.74 Å². The van der Waals surface area contributed by atoms with Gasteiger partial charge in [-0.15, -0.1) is 0 Å². The molecule has 0 aliphatic carbocycles. The van der Waals surface area contributed by atoms with Crippen molar-refractivity contribution in [3.8, 4) is 0 Å². The summed E-state index contributed by atoms with van der Waals surface area (Å²) in [5.41, 5.74) is 3.66. The maximum atomic E-state index is 11.6. The highest BCUT2D eigenvalue weighted by Crippen LogP contribution is 2.15. The molecule has 0 aromatic heterocycles.